The number of nitro groups is 2. The van der Waals surface area contributed by atoms with Gasteiger partial charge in [0.25, 0.3) is 11.4 Å². The van der Waals surface area contributed by atoms with Gasteiger partial charge in [0, 0.05) is 30.8 Å². The van der Waals surface area contributed by atoms with Crippen LogP contribution in [0.15, 0.2) is 53.4 Å². The van der Waals surface area contributed by atoms with Gasteiger partial charge in [-0.05, 0) is 18.6 Å². The summed E-state index contributed by atoms with van der Waals surface area (Å²) in [5.74, 6) is -1.42. The summed E-state index contributed by atoms with van der Waals surface area (Å²) in [6.45, 7) is 0.763. The Kier molecular flexibility index (Phi) is 6.06. The first-order chi connectivity index (χ1) is 13.0. The number of hydrogen-bond donors (Lipinski definition) is 1. The molecule has 0 spiro atoms. The fourth-order valence-electron chi connectivity index (χ4n) is 2.35. The van der Waals surface area contributed by atoms with Crippen LogP contribution in [0.25, 0.3) is 0 Å². The van der Waals surface area contributed by atoms with Crippen LogP contribution in [0.5, 0.6) is 0 Å². The lowest BCUT2D eigenvalue weighted by Crippen LogP contribution is -2.42. The minimum atomic E-state index is -4.41. The third-order valence-electron chi connectivity index (χ3n) is 3.91. The lowest BCUT2D eigenvalue weighted by molar-refractivity contribution is -0.385. The quantitative estimate of drug-likeness (QED) is 0.512. The summed E-state index contributed by atoms with van der Waals surface area (Å²) in [7, 11) is -4.41. The predicted octanol–water partition coefficient (Wildman–Crippen LogP) is 2.17. The molecular formula is C16H15N3O8S. The molecular weight excluding hydrogens is 394 g/mol. The topological polar surface area (TPSA) is 161 Å². The van der Waals surface area contributed by atoms with Crippen LogP contribution < -0.4 is 0 Å². The van der Waals surface area contributed by atoms with Crippen molar-refractivity contribution in [3.8, 4) is 0 Å². The van der Waals surface area contributed by atoms with E-state index < -0.39 is 49.0 Å². The van der Waals surface area contributed by atoms with Crippen LogP contribution in [-0.2, 0) is 21.4 Å². The van der Waals surface area contributed by atoms with Crippen molar-refractivity contribution in [2.45, 2.75) is 24.4 Å². The summed E-state index contributed by atoms with van der Waals surface area (Å²) in [5.41, 5.74) is -0.352. The first kappa shape index (κ1) is 20.9. The maximum Gasteiger partial charge on any atom is 0.321 e. The molecule has 0 aliphatic rings. The Morgan fingerprint density at radius 3 is 2.14 bits per heavy atom. The molecule has 0 heterocycles. The minimum Gasteiger partial charge on any atom is -0.480 e. The summed E-state index contributed by atoms with van der Waals surface area (Å²) in [5, 5.41) is 30.9. The molecule has 148 valence electrons. The molecule has 11 nitrogen and oxygen atoms in total. The fourth-order valence-corrected chi connectivity index (χ4v) is 3.97. The standard InChI is InChI=1S/C16H15N3O8S/c1-11(16(20)21)17(10-12-5-7-13(8-6-12)18(22)23)28(26,27)15-4-2-3-14(9-15)19(24)25/h2-9,11H,10H2,1H3,(H,20,21)/t11-/m0/s1. The van der Waals surface area contributed by atoms with Gasteiger partial charge in [-0.3, -0.25) is 25.0 Å². The van der Waals surface area contributed by atoms with Gasteiger partial charge in [0.1, 0.15) is 6.04 Å². The fraction of sp³-hybridized carbons (Fsp3) is 0.188. The SMILES string of the molecule is C[C@@H](C(=O)O)N(Cc1ccc([N+](=O)[O-])cc1)S(=O)(=O)c1cccc([N+](=O)[O-])c1. The molecule has 0 aliphatic heterocycles. The summed E-state index contributed by atoms with van der Waals surface area (Å²) < 4.78 is 26.6. The van der Waals surface area contributed by atoms with Crippen LogP contribution in [-0.4, -0.2) is 39.7 Å². The van der Waals surface area contributed by atoms with E-state index in [-0.39, 0.29) is 5.69 Å². The second-order valence-corrected chi connectivity index (χ2v) is 7.63. The molecule has 2 aromatic carbocycles. The highest BCUT2D eigenvalue weighted by Gasteiger charge is 2.34. The van der Waals surface area contributed by atoms with E-state index in [9.17, 15) is 38.5 Å². The van der Waals surface area contributed by atoms with Crippen molar-refractivity contribution >= 4 is 27.4 Å². The highest BCUT2D eigenvalue weighted by atomic mass is 32.2. The lowest BCUT2D eigenvalue weighted by atomic mass is 10.2. The lowest BCUT2D eigenvalue weighted by Gasteiger charge is -2.25. The summed E-state index contributed by atoms with van der Waals surface area (Å²) in [6.07, 6.45) is 0. The van der Waals surface area contributed by atoms with E-state index in [0.29, 0.717) is 9.87 Å². The zero-order chi connectivity index (χ0) is 21.1. The molecule has 0 amide bonds. The van der Waals surface area contributed by atoms with E-state index in [1.807, 2.05) is 0 Å². The number of carboxylic acids is 1. The van der Waals surface area contributed by atoms with Crippen LogP contribution in [0.1, 0.15) is 12.5 Å². The van der Waals surface area contributed by atoms with Gasteiger partial charge in [-0.1, -0.05) is 18.2 Å². The second kappa shape index (κ2) is 8.10. The maximum atomic E-state index is 13.0. The number of rotatable bonds is 8. The number of carbonyl (C=O) groups is 1. The van der Waals surface area contributed by atoms with Crippen molar-refractivity contribution in [2.75, 3.05) is 0 Å². The van der Waals surface area contributed by atoms with Crippen molar-refractivity contribution in [1.82, 2.24) is 4.31 Å². The van der Waals surface area contributed by atoms with Crippen molar-refractivity contribution in [2.24, 2.45) is 0 Å². The van der Waals surface area contributed by atoms with Gasteiger partial charge in [-0.2, -0.15) is 4.31 Å². The summed E-state index contributed by atoms with van der Waals surface area (Å²) >= 11 is 0. The molecule has 28 heavy (non-hydrogen) atoms. The molecule has 2 rings (SSSR count). The van der Waals surface area contributed by atoms with Crippen molar-refractivity contribution < 1.29 is 28.2 Å². The molecule has 2 aromatic rings. The van der Waals surface area contributed by atoms with Crippen LogP contribution in [0.4, 0.5) is 11.4 Å². The zero-order valence-corrected chi connectivity index (χ0v) is 15.3. The Hall–Kier alpha value is -3.38. The van der Waals surface area contributed by atoms with E-state index in [1.54, 1.807) is 0 Å². The van der Waals surface area contributed by atoms with Gasteiger partial charge in [0.2, 0.25) is 10.0 Å². The van der Waals surface area contributed by atoms with Gasteiger partial charge >= 0.3 is 5.97 Å². The highest BCUT2D eigenvalue weighted by molar-refractivity contribution is 7.89. The number of hydrogen-bond acceptors (Lipinski definition) is 7. The Morgan fingerprint density at radius 1 is 1.07 bits per heavy atom. The zero-order valence-electron chi connectivity index (χ0n) is 14.5. The van der Waals surface area contributed by atoms with Crippen LogP contribution in [0, 0.1) is 20.2 Å². The smallest absolute Gasteiger partial charge is 0.321 e. The largest absolute Gasteiger partial charge is 0.480 e. The molecule has 0 bridgehead atoms. The summed E-state index contributed by atoms with van der Waals surface area (Å²) in [6, 6.07) is 7.72. The van der Waals surface area contributed by atoms with E-state index in [1.165, 1.54) is 30.3 Å². The molecule has 0 aliphatic carbocycles. The average Bonchev–Trinajstić information content (AvgIpc) is 2.65. The van der Waals surface area contributed by atoms with Gasteiger partial charge in [-0.25, -0.2) is 8.42 Å². The Labute approximate surface area is 159 Å². The molecule has 0 saturated carbocycles. The second-order valence-electron chi connectivity index (χ2n) is 5.74. The minimum absolute atomic E-state index is 0.205. The number of nitrogens with zero attached hydrogens (tertiary/aromatic N) is 3. The maximum absolute atomic E-state index is 13.0. The number of non-ortho nitro benzene ring substituents is 2. The first-order valence-electron chi connectivity index (χ1n) is 7.76. The molecule has 1 N–H and O–H groups in total. The number of aliphatic carboxylic acids is 1. The normalized spacial score (nSPS) is 12.5. The predicted molar refractivity (Wildman–Crippen MR) is 96.0 cm³/mol. The first-order valence-corrected chi connectivity index (χ1v) is 9.20. The van der Waals surface area contributed by atoms with E-state index >= 15 is 0 Å². The Morgan fingerprint density at radius 2 is 1.64 bits per heavy atom. The molecule has 0 unspecified atom stereocenters. The number of carboxylic acid groups (broad SMARTS) is 1. The third-order valence-corrected chi connectivity index (χ3v) is 5.82. The van der Waals surface area contributed by atoms with E-state index in [4.69, 9.17) is 0 Å². The monoisotopic (exact) mass is 409 g/mol. The molecule has 0 radical (unpaired) electrons. The van der Waals surface area contributed by atoms with Crippen molar-refractivity contribution in [3.63, 3.8) is 0 Å². The van der Waals surface area contributed by atoms with E-state index in [2.05, 4.69) is 0 Å². The third kappa shape index (κ3) is 4.47. The van der Waals surface area contributed by atoms with Gasteiger partial charge in [-0.15, -0.1) is 0 Å². The average molecular weight is 409 g/mol. The van der Waals surface area contributed by atoms with E-state index in [0.717, 1.165) is 25.1 Å². The van der Waals surface area contributed by atoms with Gasteiger partial charge in [0.15, 0.2) is 0 Å². The van der Waals surface area contributed by atoms with Crippen LogP contribution >= 0.6 is 0 Å². The van der Waals surface area contributed by atoms with Gasteiger partial charge < -0.3 is 5.11 Å². The summed E-state index contributed by atoms with van der Waals surface area (Å²) in [4.78, 5) is 31.3. The Balaban J connectivity index is 2.47. The van der Waals surface area contributed by atoms with Crippen molar-refractivity contribution in [3.05, 3.63) is 74.3 Å². The van der Waals surface area contributed by atoms with Crippen molar-refractivity contribution in [1.29, 1.82) is 0 Å². The number of benzene rings is 2. The molecule has 0 aromatic heterocycles. The number of nitro benzene ring substituents is 2. The Bertz CT molecular complexity index is 1020. The molecule has 1 atom stereocenters. The molecule has 0 saturated heterocycles. The van der Waals surface area contributed by atoms with Crippen LogP contribution in [0.3, 0.4) is 0 Å². The van der Waals surface area contributed by atoms with Crippen LogP contribution in [0.2, 0.25) is 0 Å². The highest BCUT2D eigenvalue weighted by Crippen LogP contribution is 2.25. The van der Waals surface area contributed by atoms with Gasteiger partial charge in [0.05, 0.1) is 14.7 Å². The number of sulfonamides is 1. The molecule has 0 fully saturated rings. The molecule has 12 heteroatoms.